The molecule has 0 saturated heterocycles. The maximum Gasteiger partial charge on any atom is 0.108 e. The first-order valence-corrected chi connectivity index (χ1v) is 5.43. The van der Waals surface area contributed by atoms with E-state index in [1.54, 1.807) is 0 Å². The number of nitrogen functional groups attached to an aromatic ring is 1. The Morgan fingerprint density at radius 2 is 1.50 bits per heavy atom. The minimum atomic E-state index is 0.812. The Hall–Kier alpha value is -1.70. The van der Waals surface area contributed by atoms with Gasteiger partial charge in [-0.1, -0.05) is 0 Å². The maximum absolute atomic E-state index is 6.06. The molecule has 0 atom stereocenters. The average molecular weight is 215 g/mol. The minimum absolute atomic E-state index is 0.812. The van der Waals surface area contributed by atoms with Crippen LogP contribution < -0.4 is 5.73 Å². The predicted octanol–water partition coefficient (Wildman–Crippen LogP) is 3.76. The molecule has 1 heterocycles. The molecule has 0 aliphatic carbocycles. The molecule has 0 saturated carbocycles. The van der Waals surface area contributed by atoms with Crippen LogP contribution in [0.4, 0.5) is 5.69 Å². The van der Waals surface area contributed by atoms with Gasteiger partial charge in [0.2, 0.25) is 0 Å². The summed E-state index contributed by atoms with van der Waals surface area (Å²) in [5.41, 5.74) is 11.5. The van der Waals surface area contributed by atoms with Gasteiger partial charge in [0.25, 0.3) is 0 Å². The number of nitrogens with two attached hydrogens (primary N) is 1. The SMILES string of the molecule is Cc1cc(-c2cc(C)c(C)cc2N)c(C)o1. The molecule has 0 radical (unpaired) electrons. The summed E-state index contributed by atoms with van der Waals surface area (Å²) in [4.78, 5) is 0. The lowest BCUT2D eigenvalue weighted by molar-refractivity contribution is 0.505. The lowest BCUT2D eigenvalue weighted by Gasteiger charge is -2.08. The van der Waals surface area contributed by atoms with Gasteiger partial charge in [-0.25, -0.2) is 0 Å². The Kier molecular flexibility index (Phi) is 2.50. The van der Waals surface area contributed by atoms with Crippen LogP contribution in [0.2, 0.25) is 0 Å². The molecule has 0 unspecified atom stereocenters. The first-order chi connectivity index (χ1) is 7.49. The van der Waals surface area contributed by atoms with Gasteiger partial charge in [0.15, 0.2) is 0 Å². The van der Waals surface area contributed by atoms with E-state index in [0.717, 1.165) is 28.3 Å². The molecule has 84 valence electrons. The van der Waals surface area contributed by atoms with Crippen molar-refractivity contribution in [2.45, 2.75) is 27.7 Å². The van der Waals surface area contributed by atoms with Crippen molar-refractivity contribution in [3.8, 4) is 11.1 Å². The molecule has 2 heteroatoms. The molecule has 0 spiro atoms. The van der Waals surface area contributed by atoms with Gasteiger partial charge in [-0.05, 0) is 57.0 Å². The van der Waals surface area contributed by atoms with Crippen LogP contribution in [0.1, 0.15) is 22.6 Å². The van der Waals surface area contributed by atoms with Crippen LogP contribution in [0.25, 0.3) is 11.1 Å². The second-order valence-electron chi connectivity index (χ2n) is 4.35. The number of hydrogen-bond acceptors (Lipinski definition) is 2. The van der Waals surface area contributed by atoms with E-state index in [0.29, 0.717) is 0 Å². The third-order valence-corrected chi connectivity index (χ3v) is 3.00. The van der Waals surface area contributed by atoms with Crippen molar-refractivity contribution in [1.29, 1.82) is 0 Å². The summed E-state index contributed by atoms with van der Waals surface area (Å²) < 4.78 is 5.54. The van der Waals surface area contributed by atoms with Crippen LogP contribution in [0.3, 0.4) is 0 Å². The van der Waals surface area contributed by atoms with Gasteiger partial charge in [0.1, 0.15) is 11.5 Å². The fourth-order valence-electron chi connectivity index (χ4n) is 1.97. The number of aryl methyl sites for hydroxylation is 4. The van der Waals surface area contributed by atoms with Gasteiger partial charge >= 0.3 is 0 Å². The first kappa shape index (κ1) is 10.8. The van der Waals surface area contributed by atoms with E-state index < -0.39 is 0 Å². The Morgan fingerprint density at radius 3 is 2.06 bits per heavy atom. The fourth-order valence-corrected chi connectivity index (χ4v) is 1.97. The molecule has 2 aromatic rings. The van der Waals surface area contributed by atoms with Gasteiger partial charge in [-0.2, -0.15) is 0 Å². The summed E-state index contributed by atoms with van der Waals surface area (Å²) in [6, 6.07) is 6.18. The van der Waals surface area contributed by atoms with E-state index in [2.05, 4.69) is 19.9 Å². The summed E-state index contributed by atoms with van der Waals surface area (Å²) in [6.45, 7) is 8.09. The van der Waals surface area contributed by atoms with E-state index in [1.807, 2.05) is 26.0 Å². The van der Waals surface area contributed by atoms with Crippen molar-refractivity contribution < 1.29 is 4.42 Å². The molecule has 1 aromatic heterocycles. The van der Waals surface area contributed by atoms with Gasteiger partial charge in [-0.3, -0.25) is 0 Å². The Balaban J connectivity index is 2.64. The highest BCUT2D eigenvalue weighted by Crippen LogP contribution is 2.32. The van der Waals surface area contributed by atoms with Crippen LogP contribution in [0.15, 0.2) is 22.6 Å². The molecular formula is C14H17NO. The summed E-state index contributed by atoms with van der Waals surface area (Å²) >= 11 is 0. The van der Waals surface area contributed by atoms with Crippen LogP contribution in [0, 0.1) is 27.7 Å². The largest absolute Gasteiger partial charge is 0.466 e. The van der Waals surface area contributed by atoms with Crippen LogP contribution >= 0.6 is 0 Å². The second kappa shape index (κ2) is 3.71. The lowest BCUT2D eigenvalue weighted by atomic mass is 9.99. The molecule has 16 heavy (non-hydrogen) atoms. The predicted molar refractivity (Wildman–Crippen MR) is 67.5 cm³/mol. The number of benzene rings is 1. The number of hydrogen-bond donors (Lipinski definition) is 1. The molecule has 2 N–H and O–H groups in total. The van der Waals surface area contributed by atoms with Gasteiger partial charge < -0.3 is 10.2 Å². The molecule has 0 aliphatic rings. The molecule has 2 nitrogen and oxygen atoms in total. The molecule has 0 amide bonds. The highest BCUT2D eigenvalue weighted by Gasteiger charge is 2.11. The zero-order valence-electron chi connectivity index (χ0n) is 10.2. The van der Waals surface area contributed by atoms with Crippen molar-refractivity contribution in [1.82, 2.24) is 0 Å². The quantitative estimate of drug-likeness (QED) is 0.735. The van der Waals surface area contributed by atoms with Crippen molar-refractivity contribution in [3.63, 3.8) is 0 Å². The first-order valence-electron chi connectivity index (χ1n) is 5.43. The number of rotatable bonds is 1. The zero-order chi connectivity index (χ0) is 11.9. The van der Waals surface area contributed by atoms with Gasteiger partial charge in [0, 0.05) is 16.8 Å². The monoisotopic (exact) mass is 215 g/mol. The fraction of sp³-hybridized carbons (Fsp3) is 0.286. The van der Waals surface area contributed by atoms with Crippen molar-refractivity contribution in [3.05, 3.63) is 40.8 Å². The smallest absolute Gasteiger partial charge is 0.108 e. The third-order valence-electron chi connectivity index (χ3n) is 3.00. The van der Waals surface area contributed by atoms with Crippen molar-refractivity contribution in [2.75, 3.05) is 5.73 Å². The van der Waals surface area contributed by atoms with E-state index in [-0.39, 0.29) is 0 Å². The van der Waals surface area contributed by atoms with Gasteiger partial charge in [-0.15, -0.1) is 0 Å². The summed E-state index contributed by atoms with van der Waals surface area (Å²) in [5.74, 6) is 1.84. The van der Waals surface area contributed by atoms with Crippen molar-refractivity contribution >= 4 is 5.69 Å². The minimum Gasteiger partial charge on any atom is -0.466 e. The molecular weight excluding hydrogens is 198 g/mol. The molecule has 0 aliphatic heterocycles. The maximum atomic E-state index is 6.06. The summed E-state index contributed by atoms with van der Waals surface area (Å²) in [6.07, 6.45) is 0. The van der Waals surface area contributed by atoms with Gasteiger partial charge in [0.05, 0.1) is 0 Å². The second-order valence-corrected chi connectivity index (χ2v) is 4.35. The lowest BCUT2D eigenvalue weighted by Crippen LogP contribution is -1.93. The van der Waals surface area contributed by atoms with Crippen LogP contribution in [0.5, 0.6) is 0 Å². The Labute approximate surface area is 96.1 Å². The van der Waals surface area contributed by atoms with E-state index in [9.17, 15) is 0 Å². The van der Waals surface area contributed by atoms with Crippen LogP contribution in [-0.4, -0.2) is 0 Å². The molecule has 2 rings (SSSR count). The molecule has 1 aromatic carbocycles. The number of furan rings is 1. The third kappa shape index (κ3) is 1.71. The topological polar surface area (TPSA) is 39.2 Å². The molecule has 0 fully saturated rings. The van der Waals surface area contributed by atoms with E-state index in [1.165, 1.54) is 11.1 Å². The summed E-state index contributed by atoms with van der Waals surface area (Å²) in [5, 5.41) is 0. The molecule has 0 bridgehead atoms. The highest BCUT2D eigenvalue weighted by molar-refractivity contribution is 5.79. The normalized spacial score (nSPS) is 10.8. The van der Waals surface area contributed by atoms with E-state index in [4.69, 9.17) is 10.2 Å². The van der Waals surface area contributed by atoms with Crippen LogP contribution in [-0.2, 0) is 0 Å². The highest BCUT2D eigenvalue weighted by atomic mass is 16.3. The van der Waals surface area contributed by atoms with Crippen molar-refractivity contribution in [2.24, 2.45) is 0 Å². The zero-order valence-corrected chi connectivity index (χ0v) is 10.2. The Morgan fingerprint density at radius 1 is 0.875 bits per heavy atom. The standard InChI is InChI=1S/C14H17NO/c1-8-5-13(14(15)6-9(8)2)12-7-10(3)16-11(12)4/h5-7H,15H2,1-4H3. The summed E-state index contributed by atoms with van der Waals surface area (Å²) in [7, 11) is 0. The Bertz CT molecular complexity index is 538. The average Bonchev–Trinajstić information content (AvgIpc) is 2.51. The number of anilines is 1. The van der Waals surface area contributed by atoms with E-state index >= 15 is 0 Å².